The number of hydrogen-bond acceptors (Lipinski definition) is 4. The standard InChI is InChI=1S/C18H23N3O4/c1-25-18(24)19-11-8-15(9-12-19)21-16(22)13-20(17(21)23)10-7-14-5-3-2-4-6-14/h2-6,15H,7-13H2,1H3. The van der Waals surface area contributed by atoms with Gasteiger partial charge < -0.3 is 14.5 Å². The molecule has 7 heteroatoms. The van der Waals surface area contributed by atoms with E-state index < -0.39 is 0 Å². The zero-order valence-corrected chi connectivity index (χ0v) is 14.4. The molecule has 1 aromatic carbocycles. The molecule has 134 valence electrons. The number of piperidine rings is 1. The fraction of sp³-hybridized carbons (Fsp3) is 0.500. The van der Waals surface area contributed by atoms with Crippen molar-refractivity contribution in [2.75, 3.05) is 33.3 Å². The number of benzene rings is 1. The predicted molar refractivity (Wildman–Crippen MR) is 91.0 cm³/mol. The van der Waals surface area contributed by atoms with Crippen LogP contribution in [0.15, 0.2) is 30.3 Å². The van der Waals surface area contributed by atoms with Crippen molar-refractivity contribution in [2.24, 2.45) is 0 Å². The summed E-state index contributed by atoms with van der Waals surface area (Å²) in [6.07, 6.45) is 1.56. The highest BCUT2D eigenvalue weighted by Crippen LogP contribution is 2.23. The average molecular weight is 345 g/mol. The number of carbonyl (C=O) groups excluding carboxylic acids is 3. The van der Waals surface area contributed by atoms with E-state index in [2.05, 4.69) is 0 Å². The summed E-state index contributed by atoms with van der Waals surface area (Å²) in [6.45, 7) is 1.67. The van der Waals surface area contributed by atoms with E-state index in [1.165, 1.54) is 12.0 Å². The topological polar surface area (TPSA) is 70.2 Å². The molecule has 2 aliphatic rings. The second kappa shape index (κ2) is 7.55. The molecular weight excluding hydrogens is 322 g/mol. The lowest BCUT2D eigenvalue weighted by atomic mass is 10.0. The molecular formula is C18H23N3O4. The molecule has 25 heavy (non-hydrogen) atoms. The highest BCUT2D eigenvalue weighted by atomic mass is 16.5. The van der Waals surface area contributed by atoms with Crippen LogP contribution in [0.25, 0.3) is 0 Å². The first-order chi connectivity index (χ1) is 12.1. The van der Waals surface area contributed by atoms with Crippen LogP contribution in [-0.4, -0.2) is 72.1 Å². The quantitative estimate of drug-likeness (QED) is 0.779. The molecule has 0 saturated carbocycles. The number of likely N-dealkylation sites (tertiary alicyclic amines) is 1. The van der Waals surface area contributed by atoms with Gasteiger partial charge in [-0.05, 0) is 24.8 Å². The Balaban J connectivity index is 1.56. The van der Waals surface area contributed by atoms with Crippen molar-refractivity contribution in [3.63, 3.8) is 0 Å². The summed E-state index contributed by atoms with van der Waals surface area (Å²) < 4.78 is 4.71. The minimum atomic E-state index is -0.359. The second-order valence-corrected chi connectivity index (χ2v) is 6.39. The summed E-state index contributed by atoms with van der Waals surface area (Å²) in [4.78, 5) is 41.1. The number of rotatable bonds is 4. The lowest BCUT2D eigenvalue weighted by Crippen LogP contribution is -2.49. The molecule has 0 aromatic heterocycles. The molecule has 7 nitrogen and oxygen atoms in total. The first kappa shape index (κ1) is 17.3. The molecule has 2 heterocycles. The Morgan fingerprint density at radius 1 is 1.16 bits per heavy atom. The molecule has 0 bridgehead atoms. The van der Waals surface area contributed by atoms with Crippen molar-refractivity contribution in [3.05, 3.63) is 35.9 Å². The highest BCUT2D eigenvalue weighted by Gasteiger charge is 2.41. The van der Waals surface area contributed by atoms with Gasteiger partial charge in [0, 0.05) is 25.7 Å². The maximum Gasteiger partial charge on any atom is 0.409 e. The molecule has 4 amide bonds. The molecule has 2 aliphatic heterocycles. The lowest BCUT2D eigenvalue weighted by Gasteiger charge is -2.34. The molecule has 0 aliphatic carbocycles. The third-order valence-electron chi connectivity index (χ3n) is 4.85. The van der Waals surface area contributed by atoms with Gasteiger partial charge in [-0.1, -0.05) is 30.3 Å². The van der Waals surface area contributed by atoms with E-state index in [-0.39, 0.29) is 30.6 Å². The van der Waals surface area contributed by atoms with Gasteiger partial charge in [0.25, 0.3) is 5.91 Å². The lowest BCUT2D eigenvalue weighted by molar-refractivity contribution is -0.127. The van der Waals surface area contributed by atoms with E-state index in [0.717, 1.165) is 12.0 Å². The van der Waals surface area contributed by atoms with Crippen molar-refractivity contribution < 1.29 is 19.1 Å². The van der Waals surface area contributed by atoms with E-state index in [0.29, 0.717) is 32.5 Å². The van der Waals surface area contributed by atoms with Gasteiger partial charge in [0.1, 0.15) is 6.54 Å². The van der Waals surface area contributed by atoms with Crippen LogP contribution < -0.4 is 0 Å². The SMILES string of the molecule is COC(=O)N1CCC(N2C(=O)CN(CCc3ccccc3)C2=O)CC1. The predicted octanol–water partition coefficient (Wildman–Crippen LogP) is 1.72. The zero-order valence-electron chi connectivity index (χ0n) is 14.4. The molecule has 2 saturated heterocycles. The van der Waals surface area contributed by atoms with Crippen molar-refractivity contribution >= 4 is 18.0 Å². The molecule has 0 spiro atoms. The number of ether oxygens (including phenoxy) is 1. The van der Waals surface area contributed by atoms with Crippen molar-refractivity contribution in [2.45, 2.75) is 25.3 Å². The Morgan fingerprint density at radius 3 is 2.48 bits per heavy atom. The summed E-state index contributed by atoms with van der Waals surface area (Å²) in [7, 11) is 1.35. The molecule has 3 rings (SSSR count). The Hall–Kier alpha value is -2.57. The third-order valence-corrected chi connectivity index (χ3v) is 4.85. The molecule has 0 radical (unpaired) electrons. The zero-order chi connectivity index (χ0) is 17.8. The summed E-state index contributed by atoms with van der Waals surface area (Å²) in [5.41, 5.74) is 1.15. The first-order valence-electron chi connectivity index (χ1n) is 8.58. The summed E-state index contributed by atoms with van der Waals surface area (Å²) >= 11 is 0. The first-order valence-corrected chi connectivity index (χ1v) is 8.58. The average Bonchev–Trinajstić information content (AvgIpc) is 2.94. The minimum Gasteiger partial charge on any atom is -0.453 e. The monoisotopic (exact) mass is 345 g/mol. The van der Waals surface area contributed by atoms with Gasteiger partial charge in [0.15, 0.2) is 0 Å². The van der Waals surface area contributed by atoms with E-state index in [1.807, 2.05) is 30.3 Å². The number of nitrogens with zero attached hydrogens (tertiary/aromatic N) is 3. The molecule has 0 N–H and O–H groups in total. The van der Waals surface area contributed by atoms with Crippen LogP contribution in [0, 0.1) is 0 Å². The maximum atomic E-state index is 12.6. The number of carbonyl (C=O) groups is 3. The summed E-state index contributed by atoms with van der Waals surface area (Å²) in [6, 6.07) is 9.57. The fourth-order valence-corrected chi connectivity index (χ4v) is 3.45. The molecule has 2 fully saturated rings. The molecule has 0 atom stereocenters. The van der Waals surface area contributed by atoms with Gasteiger partial charge in [-0.15, -0.1) is 0 Å². The maximum absolute atomic E-state index is 12.6. The van der Waals surface area contributed by atoms with Crippen LogP contribution in [0.3, 0.4) is 0 Å². The fourth-order valence-electron chi connectivity index (χ4n) is 3.45. The molecule has 1 aromatic rings. The van der Waals surface area contributed by atoms with Crippen molar-refractivity contribution in [3.8, 4) is 0 Å². The molecule has 0 unspecified atom stereocenters. The Kier molecular flexibility index (Phi) is 5.21. The van der Waals surface area contributed by atoms with Crippen LogP contribution in [-0.2, 0) is 16.0 Å². The highest BCUT2D eigenvalue weighted by molar-refractivity contribution is 6.02. The van der Waals surface area contributed by atoms with Gasteiger partial charge >= 0.3 is 12.1 Å². The van der Waals surface area contributed by atoms with Crippen molar-refractivity contribution in [1.29, 1.82) is 0 Å². The van der Waals surface area contributed by atoms with E-state index in [4.69, 9.17) is 4.74 Å². The van der Waals surface area contributed by atoms with Crippen LogP contribution in [0.2, 0.25) is 0 Å². The van der Waals surface area contributed by atoms with Crippen molar-refractivity contribution in [1.82, 2.24) is 14.7 Å². The largest absolute Gasteiger partial charge is 0.453 e. The number of urea groups is 1. The normalized spacial score (nSPS) is 18.8. The number of amides is 4. The third kappa shape index (κ3) is 3.75. The van der Waals surface area contributed by atoms with Crippen LogP contribution >= 0.6 is 0 Å². The van der Waals surface area contributed by atoms with Crippen LogP contribution in [0.1, 0.15) is 18.4 Å². The van der Waals surface area contributed by atoms with Gasteiger partial charge in [-0.2, -0.15) is 0 Å². The van der Waals surface area contributed by atoms with E-state index in [9.17, 15) is 14.4 Å². The minimum absolute atomic E-state index is 0.136. The summed E-state index contributed by atoms with van der Waals surface area (Å²) in [5, 5.41) is 0. The second-order valence-electron chi connectivity index (χ2n) is 6.39. The van der Waals surface area contributed by atoms with Gasteiger partial charge in [-0.3, -0.25) is 9.69 Å². The summed E-state index contributed by atoms with van der Waals surface area (Å²) in [5.74, 6) is -0.144. The Morgan fingerprint density at radius 2 is 1.84 bits per heavy atom. The van der Waals surface area contributed by atoms with Crippen LogP contribution in [0.5, 0.6) is 0 Å². The van der Waals surface area contributed by atoms with Gasteiger partial charge in [0.05, 0.1) is 7.11 Å². The number of methoxy groups -OCH3 is 1. The Bertz CT molecular complexity index is 641. The van der Waals surface area contributed by atoms with Gasteiger partial charge in [-0.25, -0.2) is 9.59 Å². The van der Waals surface area contributed by atoms with E-state index >= 15 is 0 Å². The van der Waals surface area contributed by atoms with Gasteiger partial charge in [0.2, 0.25) is 0 Å². The Labute approximate surface area is 147 Å². The van der Waals surface area contributed by atoms with E-state index in [1.54, 1.807) is 9.80 Å². The number of imide groups is 1. The van der Waals surface area contributed by atoms with Crippen LogP contribution in [0.4, 0.5) is 9.59 Å². The number of hydrogen-bond donors (Lipinski definition) is 0. The smallest absolute Gasteiger partial charge is 0.409 e.